The lowest BCUT2D eigenvalue weighted by molar-refractivity contribution is 0.402. The molecule has 0 spiro atoms. The maximum Gasteiger partial charge on any atom is 0.107 e. The molecule has 0 saturated carbocycles. The summed E-state index contributed by atoms with van der Waals surface area (Å²) in [4.78, 5) is 6.63. The van der Waals surface area contributed by atoms with Gasteiger partial charge in [-0.25, -0.2) is 4.98 Å². The Morgan fingerprint density at radius 2 is 1.94 bits per heavy atom. The minimum atomic E-state index is 0.517. The predicted octanol–water partition coefficient (Wildman–Crippen LogP) is 2.33. The minimum Gasteiger partial charge on any atom is -0.325 e. The van der Waals surface area contributed by atoms with Gasteiger partial charge in [0.2, 0.25) is 0 Å². The Bertz CT molecular complexity index is 474. The summed E-state index contributed by atoms with van der Waals surface area (Å²) in [6.45, 7) is 1.48. The summed E-state index contributed by atoms with van der Waals surface area (Å²) >= 11 is 1.61. The first kappa shape index (κ1) is 12.2. The van der Waals surface area contributed by atoms with E-state index in [1.165, 1.54) is 5.56 Å². The van der Waals surface area contributed by atoms with Crippen LogP contribution in [0.2, 0.25) is 0 Å². The summed E-state index contributed by atoms with van der Waals surface area (Å²) in [6, 6.07) is 8.54. The van der Waals surface area contributed by atoms with Crippen molar-refractivity contribution in [2.75, 3.05) is 14.1 Å². The van der Waals surface area contributed by atoms with Crippen LogP contribution < -0.4 is 5.73 Å². The van der Waals surface area contributed by atoms with Crippen molar-refractivity contribution in [2.24, 2.45) is 5.73 Å². The van der Waals surface area contributed by atoms with Crippen LogP contribution in [-0.4, -0.2) is 24.0 Å². The van der Waals surface area contributed by atoms with Gasteiger partial charge in [-0.3, -0.25) is 0 Å². The van der Waals surface area contributed by atoms with Crippen LogP contribution in [0.3, 0.4) is 0 Å². The van der Waals surface area contributed by atoms with Gasteiger partial charge in [0.25, 0.3) is 0 Å². The SMILES string of the molecule is CN(C)Cc1ccc(-c2csc(CN)n2)cc1. The Labute approximate surface area is 106 Å². The van der Waals surface area contributed by atoms with Gasteiger partial charge in [-0.2, -0.15) is 0 Å². The van der Waals surface area contributed by atoms with Crippen LogP contribution >= 0.6 is 11.3 Å². The fourth-order valence-corrected chi connectivity index (χ4v) is 2.37. The van der Waals surface area contributed by atoms with Gasteiger partial charge in [-0.1, -0.05) is 24.3 Å². The van der Waals surface area contributed by atoms with Crippen molar-refractivity contribution in [3.8, 4) is 11.3 Å². The second-order valence-corrected chi connectivity index (χ2v) is 5.21. The van der Waals surface area contributed by atoms with Gasteiger partial charge in [-0.05, 0) is 19.7 Å². The lowest BCUT2D eigenvalue weighted by atomic mass is 10.1. The number of hydrogen-bond acceptors (Lipinski definition) is 4. The number of rotatable bonds is 4. The molecular weight excluding hydrogens is 230 g/mol. The van der Waals surface area contributed by atoms with Gasteiger partial charge in [-0.15, -0.1) is 11.3 Å². The average Bonchev–Trinajstić information content (AvgIpc) is 2.78. The van der Waals surface area contributed by atoms with E-state index < -0.39 is 0 Å². The highest BCUT2D eigenvalue weighted by Crippen LogP contribution is 2.22. The zero-order valence-corrected chi connectivity index (χ0v) is 11.0. The van der Waals surface area contributed by atoms with Crippen molar-refractivity contribution in [1.82, 2.24) is 9.88 Å². The maximum absolute atomic E-state index is 5.56. The second kappa shape index (κ2) is 5.40. The highest BCUT2D eigenvalue weighted by Gasteiger charge is 2.03. The second-order valence-electron chi connectivity index (χ2n) is 4.27. The number of nitrogens with two attached hydrogens (primary N) is 1. The first-order valence-corrected chi connectivity index (χ1v) is 6.45. The van der Waals surface area contributed by atoms with Crippen LogP contribution in [0.15, 0.2) is 29.6 Å². The smallest absolute Gasteiger partial charge is 0.107 e. The van der Waals surface area contributed by atoms with E-state index in [1.807, 2.05) is 0 Å². The molecule has 0 unspecified atom stereocenters. The van der Waals surface area contributed by atoms with E-state index in [0.29, 0.717) is 6.54 Å². The third kappa shape index (κ3) is 3.12. The first-order chi connectivity index (χ1) is 8.19. The fraction of sp³-hybridized carbons (Fsp3) is 0.308. The van der Waals surface area contributed by atoms with E-state index >= 15 is 0 Å². The Hall–Kier alpha value is -1.23. The molecule has 0 amide bonds. The highest BCUT2D eigenvalue weighted by atomic mass is 32.1. The van der Waals surface area contributed by atoms with Crippen LogP contribution in [0.5, 0.6) is 0 Å². The summed E-state index contributed by atoms with van der Waals surface area (Å²) < 4.78 is 0. The molecule has 0 saturated heterocycles. The summed E-state index contributed by atoms with van der Waals surface area (Å²) in [7, 11) is 4.14. The monoisotopic (exact) mass is 247 g/mol. The zero-order chi connectivity index (χ0) is 12.3. The molecule has 90 valence electrons. The standard InChI is InChI=1S/C13H17N3S/c1-16(2)8-10-3-5-11(6-4-10)12-9-17-13(7-14)15-12/h3-6,9H,7-8,14H2,1-2H3. The van der Waals surface area contributed by atoms with Gasteiger partial charge in [0.05, 0.1) is 5.69 Å². The minimum absolute atomic E-state index is 0.517. The van der Waals surface area contributed by atoms with E-state index in [4.69, 9.17) is 5.73 Å². The molecule has 0 radical (unpaired) electrons. The molecule has 2 N–H and O–H groups in total. The van der Waals surface area contributed by atoms with Gasteiger partial charge in [0, 0.05) is 24.0 Å². The van der Waals surface area contributed by atoms with Gasteiger partial charge in [0.15, 0.2) is 0 Å². The first-order valence-electron chi connectivity index (χ1n) is 5.57. The molecule has 1 heterocycles. The lowest BCUT2D eigenvalue weighted by Crippen LogP contribution is -2.10. The Balaban J connectivity index is 2.17. The fourth-order valence-electron chi connectivity index (χ4n) is 1.68. The number of thiazole rings is 1. The van der Waals surface area contributed by atoms with Crippen molar-refractivity contribution in [1.29, 1.82) is 0 Å². The number of benzene rings is 1. The Morgan fingerprint density at radius 1 is 1.24 bits per heavy atom. The van der Waals surface area contributed by atoms with E-state index in [-0.39, 0.29) is 0 Å². The summed E-state index contributed by atoms with van der Waals surface area (Å²) in [5.41, 5.74) is 9.05. The van der Waals surface area contributed by atoms with Crippen molar-refractivity contribution < 1.29 is 0 Å². The van der Waals surface area contributed by atoms with Crippen LogP contribution in [0.1, 0.15) is 10.6 Å². The molecule has 0 aliphatic heterocycles. The van der Waals surface area contributed by atoms with Crippen LogP contribution in [0, 0.1) is 0 Å². The molecule has 3 nitrogen and oxygen atoms in total. The van der Waals surface area contributed by atoms with Crippen molar-refractivity contribution in [3.05, 3.63) is 40.2 Å². The topological polar surface area (TPSA) is 42.1 Å². The van der Waals surface area contributed by atoms with Crippen LogP contribution in [0.25, 0.3) is 11.3 Å². The van der Waals surface area contributed by atoms with Gasteiger partial charge >= 0.3 is 0 Å². The van der Waals surface area contributed by atoms with E-state index in [0.717, 1.165) is 22.8 Å². The normalized spacial score (nSPS) is 11.1. The highest BCUT2D eigenvalue weighted by molar-refractivity contribution is 7.09. The average molecular weight is 247 g/mol. The molecular formula is C13H17N3S. The number of hydrogen-bond donors (Lipinski definition) is 1. The third-order valence-electron chi connectivity index (χ3n) is 2.47. The molecule has 2 aromatic rings. The van der Waals surface area contributed by atoms with Crippen LogP contribution in [0.4, 0.5) is 0 Å². The third-order valence-corrected chi connectivity index (χ3v) is 3.35. The summed E-state index contributed by atoms with van der Waals surface area (Å²) in [5.74, 6) is 0. The summed E-state index contributed by atoms with van der Waals surface area (Å²) in [6.07, 6.45) is 0. The molecule has 17 heavy (non-hydrogen) atoms. The molecule has 1 aromatic carbocycles. The number of nitrogens with zero attached hydrogens (tertiary/aromatic N) is 2. The van der Waals surface area contributed by atoms with Crippen molar-refractivity contribution >= 4 is 11.3 Å². The molecule has 4 heteroatoms. The Kier molecular flexibility index (Phi) is 3.89. The van der Waals surface area contributed by atoms with Gasteiger partial charge in [0.1, 0.15) is 5.01 Å². The van der Waals surface area contributed by atoms with E-state index in [2.05, 4.69) is 53.6 Å². The molecule has 0 aliphatic rings. The maximum atomic E-state index is 5.56. The zero-order valence-electron chi connectivity index (χ0n) is 10.2. The Morgan fingerprint density at radius 3 is 2.47 bits per heavy atom. The molecule has 0 fully saturated rings. The quantitative estimate of drug-likeness (QED) is 0.901. The lowest BCUT2D eigenvalue weighted by Gasteiger charge is -2.09. The number of aromatic nitrogens is 1. The molecule has 2 rings (SSSR count). The molecule has 0 aliphatic carbocycles. The largest absolute Gasteiger partial charge is 0.325 e. The molecule has 1 aromatic heterocycles. The van der Waals surface area contributed by atoms with Gasteiger partial charge < -0.3 is 10.6 Å². The van der Waals surface area contributed by atoms with Crippen LogP contribution in [-0.2, 0) is 13.1 Å². The summed E-state index contributed by atoms with van der Waals surface area (Å²) in [5, 5.41) is 3.04. The molecule has 0 bridgehead atoms. The molecule has 0 atom stereocenters. The van der Waals surface area contributed by atoms with E-state index in [1.54, 1.807) is 11.3 Å². The van der Waals surface area contributed by atoms with Crippen molar-refractivity contribution in [3.63, 3.8) is 0 Å². The predicted molar refractivity (Wildman–Crippen MR) is 72.8 cm³/mol. The van der Waals surface area contributed by atoms with E-state index in [9.17, 15) is 0 Å². The van der Waals surface area contributed by atoms with Crippen molar-refractivity contribution in [2.45, 2.75) is 13.1 Å².